The zero-order valence-corrected chi connectivity index (χ0v) is 12.4. The van der Waals surface area contributed by atoms with Gasteiger partial charge in [0.15, 0.2) is 5.82 Å². The first-order chi connectivity index (χ1) is 8.97. The highest BCUT2D eigenvalue weighted by atomic mass is 79.9. The van der Waals surface area contributed by atoms with Gasteiger partial charge in [0.25, 0.3) is 0 Å². The summed E-state index contributed by atoms with van der Waals surface area (Å²) < 4.78 is 14.4. The van der Waals surface area contributed by atoms with Gasteiger partial charge in [0, 0.05) is 13.6 Å². The number of halogens is 2. The molecule has 2 rings (SSSR count). The molecule has 0 aliphatic heterocycles. The summed E-state index contributed by atoms with van der Waals surface area (Å²) >= 11 is 3.10. The Labute approximate surface area is 120 Å². The van der Waals surface area contributed by atoms with E-state index in [0.717, 1.165) is 25.7 Å². The highest BCUT2D eigenvalue weighted by Gasteiger charge is 2.33. The predicted molar refractivity (Wildman–Crippen MR) is 75.5 cm³/mol. The van der Waals surface area contributed by atoms with Gasteiger partial charge >= 0.3 is 0 Å². The molecule has 3 nitrogen and oxygen atoms in total. The molecule has 0 amide bonds. The largest absolute Gasteiger partial charge is 0.388 e. The Morgan fingerprint density at radius 3 is 2.68 bits per heavy atom. The van der Waals surface area contributed by atoms with Crippen LogP contribution in [0.4, 0.5) is 10.1 Å². The number of benzene rings is 1. The van der Waals surface area contributed by atoms with Gasteiger partial charge in [0.05, 0.1) is 21.3 Å². The molecular weight excluding hydrogens is 311 g/mol. The number of likely N-dealkylation sites (N-methyl/N-ethyl adjacent to an activating group) is 1. The molecule has 19 heavy (non-hydrogen) atoms. The summed E-state index contributed by atoms with van der Waals surface area (Å²) in [6, 6.07) is 5.09. The van der Waals surface area contributed by atoms with Gasteiger partial charge in [-0.2, -0.15) is 5.26 Å². The lowest BCUT2D eigenvalue weighted by molar-refractivity contribution is 0.0558. The SMILES string of the molecule is CN(CC1(O)CCCC1)c1ccc(C#N)c(Br)c1F. The van der Waals surface area contributed by atoms with Crippen molar-refractivity contribution >= 4 is 21.6 Å². The first-order valence-corrected chi connectivity index (χ1v) is 7.08. The lowest BCUT2D eigenvalue weighted by Gasteiger charge is -2.30. The van der Waals surface area contributed by atoms with Crippen molar-refractivity contribution in [3.05, 3.63) is 28.0 Å². The van der Waals surface area contributed by atoms with Gasteiger partial charge in [-0.1, -0.05) is 12.8 Å². The Morgan fingerprint density at radius 2 is 2.11 bits per heavy atom. The summed E-state index contributed by atoms with van der Waals surface area (Å²) in [6.07, 6.45) is 3.56. The first kappa shape index (κ1) is 14.3. The zero-order valence-electron chi connectivity index (χ0n) is 10.8. The zero-order chi connectivity index (χ0) is 14.0. The standard InChI is InChI=1S/C14H16BrFN2O/c1-18(9-14(19)6-2-3-7-14)11-5-4-10(8-17)12(15)13(11)16/h4-5,19H,2-3,6-7,9H2,1H3. The van der Waals surface area contributed by atoms with Crippen LogP contribution in [0.1, 0.15) is 31.2 Å². The second kappa shape index (κ2) is 5.48. The molecule has 0 saturated heterocycles. The van der Waals surface area contributed by atoms with Gasteiger partial charge in [0.2, 0.25) is 0 Å². The molecular formula is C14H16BrFN2O. The van der Waals surface area contributed by atoms with Gasteiger partial charge in [-0.05, 0) is 40.9 Å². The van der Waals surface area contributed by atoms with Crippen LogP contribution in [0, 0.1) is 17.1 Å². The van der Waals surface area contributed by atoms with Crippen LogP contribution >= 0.6 is 15.9 Å². The van der Waals surface area contributed by atoms with Gasteiger partial charge < -0.3 is 10.0 Å². The summed E-state index contributed by atoms with van der Waals surface area (Å²) in [4.78, 5) is 1.71. The van der Waals surface area contributed by atoms with Crippen molar-refractivity contribution in [2.24, 2.45) is 0 Å². The summed E-state index contributed by atoms with van der Waals surface area (Å²) in [6.45, 7) is 0.405. The third-order valence-electron chi connectivity index (χ3n) is 3.66. The Balaban J connectivity index is 2.22. The quantitative estimate of drug-likeness (QED) is 0.927. The molecule has 1 aliphatic rings. The van der Waals surface area contributed by atoms with Crippen LogP contribution in [0.5, 0.6) is 0 Å². The van der Waals surface area contributed by atoms with E-state index in [0.29, 0.717) is 12.2 Å². The highest BCUT2D eigenvalue weighted by molar-refractivity contribution is 9.10. The van der Waals surface area contributed by atoms with Gasteiger partial charge in [-0.15, -0.1) is 0 Å². The van der Waals surface area contributed by atoms with E-state index < -0.39 is 11.4 Å². The number of hydrogen-bond donors (Lipinski definition) is 1. The maximum atomic E-state index is 14.2. The molecule has 1 saturated carbocycles. The van der Waals surface area contributed by atoms with Crippen LogP contribution < -0.4 is 4.90 Å². The lowest BCUT2D eigenvalue weighted by atomic mass is 10.0. The average molecular weight is 327 g/mol. The Bertz CT molecular complexity index is 521. The Morgan fingerprint density at radius 1 is 1.47 bits per heavy atom. The van der Waals surface area contributed by atoms with Crippen LogP contribution in [0.2, 0.25) is 0 Å². The Hall–Kier alpha value is -1.12. The fraction of sp³-hybridized carbons (Fsp3) is 0.500. The fourth-order valence-electron chi connectivity index (χ4n) is 2.64. The van der Waals surface area contributed by atoms with Crippen LogP contribution in [-0.2, 0) is 0 Å². The smallest absolute Gasteiger partial charge is 0.161 e. The molecule has 0 unspecified atom stereocenters. The molecule has 102 valence electrons. The van der Waals surface area contributed by atoms with E-state index in [4.69, 9.17) is 5.26 Å². The molecule has 0 heterocycles. The molecule has 0 radical (unpaired) electrons. The average Bonchev–Trinajstić information content (AvgIpc) is 2.79. The van der Waals surface area contributed by atoms with E-state index >= 15 is 0 Å². The summed E-state index contributed by atoms with van der Waals surface area (Å²) in [5.74, 6) is -0.455. The van der Waals surface area contributed by atoms with E-state index in [1.165, 1.54) is 0 Å². The van der Waals surface area contributed by atoms with Crippen LogP contribution in [-0.4, -0.2) is 24.3 Å². The number of anilines is 1. The molecule has 0 atom stereocenters. The molecule has 1 aliphatic carbocycles. The van der Waals surface area contributed by atoms with Crippen molar-refractivity contribution in [2.45, 2.75) is 31.3 Å². The minimum Gasteiger partial charge on any atom is -0.388 e. The lowest BCUT2D eigenvalue weighted by Crippen LogP contribution is -2.39. The highest BCUT2D eigenvalue weighted by Crippen LogP contribution is 2.33. The minimum atomic E-state index is -0.721. The fourth-order valence-corrected chi connectivity index (χ4v) is 3.06. The van der Waals surface area contributed by atoms with E-state index in [-0.39, 0.29) is 10.0 Å². The predicted octanol–water partition coefficient (Wildman–Crippen LogP) is 3.20. The monoisotopic (exact) mass is 326 g/mol. The van der Waals surface area contributed by atoms with E-state index in [1.807, 2.05) is 6.07 Å². The molecule has 1 aromatic carbocycles. The van der Waals surface area contributed by atoms with Gasteiger partial charge in [0.1, 0.15) is 6.07 Å². The number of rotatable bonds is 3. The van der Waals surface area contributed by atoms with E-state index in [2.05, 4.69) is 15.9 Å². The Kier molecular flexibility index (Phi) is 4.12. The topological polar surface area (TPSA) is 47.3 Å². The maximum absolute atomic E-state index is 14.2. The molecule has 0 spiro atoms. The second-order valence-corrected chi connectivity index (χ2v) is 5.95. The third kappa shape index (κ3) is 2.90. The molecule has 0 bridgehead atoms. The number of aliphatic hydroxyl groups is 1. The van der Waals surface area contributed by atoms with Crippen LogP contribution in [0.25, 0.3) is 0 Å². The summed E-state index contributed by atoms with van der Waals surface area (Å²) in [5.41, 5.74) is -0.0536. The molecule has 1 N–H and O–H groups in total. The minimum absolute atomic E-state index is 0.178. The third-order valence-corrected chi connectivity index (χ3v) is 4.43. The first-order valence-electron chi connectivity index (χ1n) is 6.28. The normalized spacial score (nSPS) is 17.2. The maximum Gasteiger partial charge on any atom is 0.161 e. The molecule has 0 aromatic heterocycles. The van der Waals surface area contributed by atoms with Crippen LogP contribution in [0.15, 0.2) is 16.6 Å². The van der Waals surface area contributed by atoms with Crippen molar-refractivity contribution in [2.75, 3.05) is 18.5 Å². The number of nitriles is 1. The summed E-state index contributed by atoms with van der Waals surface area (Å²) in [7, 11) is 1.76. The van der Waals surface area contributed by atoms with Gasteiger partial charge in [-0.3, -0.25) is 0 Å². The molecule has 5 heteroatoms. The van der Waals surface area contributed by atoms with Crippen molar-refractivity contribution in [3.8, 4) is 6.07 Å². The van der Waals surface area contributed by atoms with Gasteiger partial charge in [-0.25, -0.2) is 4.39 Å². The molecule has 1 fully saturated rings. The summed E-state index contributed by atoms with van der Waals surface area (Å²) in [5, 5.41) is 19.2. The van der Waals surface area contributed by atoms with Crippen LogP contribution in [0.3, 0.4) is 0 Å². The van der Waals surface area contributed by atoms with Crippen molar-refractivity contribution in [3.63, 3.8) is 0 Å². The number of hydrogen-bond acceptors (Lipinski definition) is 3. The molecule has 1 aromatic rings. The van der Waals surface area contributed by atoms with Crippen molar-refractivity contribution in [1.82, 2.24) is 0 Å². The van der Waals surface area contributed by atoms with E-state index in [1.54, 1.807) is 24.1 Å². The second-order valence-electron chi connectivity index (χ2n) is 5.16. The van der Waals surface area contributed by atoms with Crippen molar-refractivity contribution in [1.29, 1.82) is 5.26 Å². The van der Waals surface area contributed by atoms with E-state index in [9.17, 15) is 9.50 Å². The number of nitrogens with zero attached hydrogens (tertiary/aromatic N) is 2. The van der Waals surface area contributed by atoms with Crippen molar-refractivity contribution < 1.29 is 9.50 Å².